The zero-order valence-corrected chi connectivity index (χ0v) is 10.8. The van der Waals surface area contributed by atoms with Gasteiger partial charge in [-0.05, 0) is 37.8 Å². The van der Waals surface area contributed by atoms with Crippen molar-refractivity contribution in [1.29, 1.82) is 0 Å². The topological polar surface area (TPSA) is 28.2 Å². The van der Waals surface area contributed by atoms with Crippen molar-refractivity contribution in [3.8, 4) is 0 Å². The molecule has 0 aromatic carbocycles. The molecule has 0 bridgehead atoms. The van der Waals surface area contributed by atoms with Crippen LogP contribution in [-0.4, -0.2) is 30.2 Å². The predicted octanol–water partition coefficient (Wildman–Crippen LogP) is 2.36. The Morgan fingerprint density at radius 1 is 1.00 bits per heavy atom. The maximum Gasteiger partial charge on any atom is 0.0397 e. The van der Waals surface area contributed by atoms with E-state index >= 15 is 0 Å². The average Bonchev–Trinajstić information content (AvgIpc) is 2.94. The standard InChI is InChI=1S/C15H21N3/c1-2-4-13(3-1)17-14-7-11-18(12-8-14)15-5-9-16-10-6-15/h1-2,5-6,9-10,13-14,17H,3-4,7-8,11-12H2. The molecule has 1 saturated heterocycles. The van der Waals surface area contributed by atoms with Gasteiger partial charge in [-0.25, -0.2) is 0 Å². The molecule has 1 aliphatic heterocycles. The first kappa shape index (κ1) is 11.7. The van der Waals surface area contributed by atoms with Crippen LogP contribution in [0.25, 0.3) is 0 Å². The number of hydrogen-bond donors (Lipinski definition) is 1. The summed E-state index contributed by atoms with van der Waals surface area (Å²) in [7, 11) is 0. The second-order valence-electron chi connectivity index (χ2n) is 5.27. The van der Waals surface area contributed by atoms with Gasteiger partial charge in [0, 0.05) is 43.3 Å². The lowest BCUT2D eigenvalue weighted by Crippen LogP contribution is -2.45. The lowest BCUT2D eigenvalue weighted by molar-refractivity contribution is 0.372. The highest BCUT2D eigenvalue weighted by Gasteiger charge is 2.22. The van der Waals surface area contributed by atoms with Crippen molar-refractivity contribution in [2.75, 3.05) is 18.0 Å². The van der Waals surface area contributed by atoms with E-state index in [1.54, 1.807) is 0 Å². The van der Waals surface area contributed by atoms with Gasteiger partial charge in [0.25, 0.3) is 0 Å². The van der Waals surface area contributed by atoms with Gasteiger partial charge in [0.05, 0.1) is 0 Å². The Bertz CT molecular complexity index is 385. The average molecular weight is 243 g/mol. The molecule has 1 aromatic heterocycles. The minimum absolute atomic E-state index is 0.697. The number of nitrogens with zero attached hydrogens (tertiary/aromatic N) is 2. The molecule has 2 aliphatic rings. The molecule has 0 atom stereocenters. The molecular formula is C15H21N3. The third-order valence-corrected chi connectivity index (χ3v) is 4.00. The molecule has 96 valence electrons. The van der Waals surface area contributed by atoms with Gasteiger partial charge in [-0.1, -0.05) is 12.2 Å². The molecular weight excluding hydrogens is 222 g/mol. The van der Waals surface area contributed by atoms with Gasteiger partial charge in [0.1, 0.15) is 0 Å². The predicted molar refractivity (Wildman–Crippen MR) is 74.8 cm³/mol. The van der Waals surface area contributed by atoms with Gasteiger partial charge in [0.2, 0.25) is 0 Å². The summed E-state index contributed by atoms with van der Waals surface area (Å²) in [4.78, 5) is 6.54. The highest BCUT2D eigenvalue weighted by Crippen LogP contribution is 2.20. The summed E-state index contributed by atoms with van der Waals surface area (Å²) < 4.78 is 0. The molecule has 0 spiro atoms. The highest BCUT2D eigenvalue weighted by molar-refractivity contribution is 5.44. The van der Waals surface area contributed by atoms with Crippen molar-refractivity contribution in [3.05, 3.63) is 36.7 Å². The van der Waals surface area contributed by atoms with Crippen molar-refractivity contribution in [2.24, 2.45) is 0 Å². The summed E-state index contributed by atoms with van der Waals surface area (Å²) in [5.41, 5.74) is 1.31. The van der Waals surface area contributed by atoms with E-state index in [0.29, 0.717) is 12.1 Å². The first-order chi connectivity index (χ1) is 8.92. The van der Waals surface area contributed by atoms with Gasteiger partial charge in [-0.3, -0.25) is 4.98 Å². The first-order valence-electron chi connectivity index (χ1n) is 6.98. The first-order valence-corrected chi connectivity index (χ1v) is 6.98. The molecule has 0 saturated carbocycles. The fraction of sp³-hybridized carbons (Fsp3) is 0.533. The van der Waals surface area contributed by atoms with Crippen LogP contribution >= 0.6 is 0 Å². The number of anilines is 1. The highest BCUT2D eigenvalue weighted by atomic mass is 15.1. The smallest absolute Gasteiger partial charge is 0.0397 e. The Kier molecular flexibility index (Phi) is 3.60. The Morgan fingerprint density at radius 2 is 1.67 bits per heavy atom. The minimum atomic E-state index is 0.697. The van der Waals surface area contributed by atoms with E-state index in [-0.39, 0.29) is 0 Å². The van der Waals surface area contributed by atoms with Gasteiger partial charge in [0.15, 0.2) is 0 Å². The quantitative estimate of drug-likeness (QED) is 0.826. The van der Waals surface area contributed by atoms with E-state index in [2.05, 4.69) is 39.5 Å². The fourth-order valence-electron chi connectivity index (χ4n) is 2.95. The number of aromatic nitrogens is 1. The largest absolute Gasteiger partial charge is 0.371 e. The van der Waals surface area contributed by atoms with Crippen LogP contribution in [0.15, 0.2) is 36.7 Å². The molecule has 3 rings (SSSR count). The molecule has 1 aliphatic carbocycles. The van der Waals surface area contributed by atoms with E-state index in [1.165, 1.54) is 31.4 Å². The van der Waals surface area contributed by atoms with Crippen LogP contribution in [0.3, 0.4) is 0 Å². The van der Waals surface area contributed by atoms with Gasteiger partial charge in [-0.2, -0.15) is 0 Å². The molecule has 3 nitrogen and oxygen atoms in total. The van der Waals surface area contributed by atoms with Crippen molar-refractivity contribution < 1.29 is 0 Å². The Labute approximate surface area is 109 Å². The summed E-state index contributed by atoms with van der Waals surface area (Å²) in [6.07, 6.45) is 13.3. The fourth-order valence-corrected chi connectivity index (χ4v) is 2.95. The summed E-state index contributed by atoms with van der Waals surface area (Å²) in [5.74, 6) is 0. The lowest BCUT2D eigenvalue weighted by Gasteiger charge is -2.35. The molecule has 2 heterocycles. The van der Waals surface area contributed by atoms with Crippen LogP contribution in [0.4, 0.5) is 5.69 Å². The second kappa shape index (κ2) is 5.53. The summed E-state index contributed by atoms with van der Waals surface area (Å²) in [5, 5.41) is 3.79. The number of hydrogen-bond acceptors (Lipinski definition) is 3. The minimum Gasteiger partial charge on any atom is -0.371 e. The number of rotatable bonds is 3. The summed E-state index contributed by atoms with van der Waals surface area (Å²) in [6, 6.07) is 5.61. The monoisotopic (exact) mass is 243 g/mol. The van der Waals surface area contributed by atoms with Crippen molar-refractivity contribution in [3.63, 3.8) is 0 Å². The molecule has 3 heteroatoms. The van der Waals surface area contributed by atoms with Gasteiger partial charge < -0.3 is 10.2 Å². The van der Waals surface area contributed by atoms with Crippen LogP contribution in [0.1, 0.15) is 25.7 Å². The van der Waals surface area contributed by atoms with Gasteiger partial charge in [-0.15, -0.1) is 0 Å². The maximum absolute atomic E-state index is 4.08. The van der Waals surface area contributed by atoms with Crippen LogP contribution in [0.5, 0.6) is 0 Å². The Hall–Kier alpha value is -1.35. The molecule has 1 fully saturated rings. The second-order valence-corrected chi connectivity index (χ2v) is 5.27. The Balaban J connectivity index is 1.49. The third-order valence-electron chi connectivity index (χ3n) is 4.00. The summed E-state index contributed by atoms with van der Waals surface area (Å²) >= 11 is 0. The number of nitrogens with one attached hydrogen (secondary N) is 1. The van der Waals surface area contributed by atoms with Crippen molar-refractivity contribution >= 4 is 5.69 Å². The van der Waals surface area contributed by atoms with E-state index in [4.69, 9.17) is 0 Å². The molecule has 0 radical (unpaired) electrons. The van der Waals surface area contributed by atoms with Crippen LogP contribution in [-0.2, 0) is 0 Å². The van der Waals surface area contributed by atoms with Crippen molar-refractivity contribution in [2.45, 2.75) is 37.8 Å². The van der Waals surface area contributed by atoms with Crippen LogP contribution in [0, 0.1) is 0 Å². The summed E-state index contributed by atoms with van der Waals surface area (Å²) in [6.45, 7) is 2.31. The van der Waals surface area contributed by atoms with E-state index < -0.39 is 0 Å². The molecule has 0 unspecified atom stereocenters. The zero-order valence-electron chi connectivity index (χ0n) is 10.8. The molecule has 1 N–H and O–H groups in total. The van der Waals surface area contributed by atoms with E-state index in [9.17, 15) is 0 Å². The van der Waals surface area contributed by atoms with Gasteiger partial charge >= 0.3 is 0 Å². The molecule has 18 heavy (non-hydrogen) atoms. The zero-order chi connectivity index (χ0) is 12.2. The van der Waals surface area contributed by atoms with E-state index in [1.807, 2.05) is 12.4 Å². The van der Waals surface area contributed by atoms with Crippen LogP contribution < -0.4 is 10.2 Å². The van der Waals surface area contributed by atoms with Crippen LogP contribution in [0.2, 0.25) is 0 Å². The number of pyridine rings is 1. The molecule has 1 aromatic rings. The maximum atomic E-state index is 4.08. The van der Waals surface area contributed by atoms with Crippen molar-refractivity contribution in [1.82, 2.24) is 10.3 Å². The van der Waals surface area contributed by atoms with E-state index in [0.717, 1.165) is 13.1 Å². The molecule has 0 amide bonds. The lowest BCUT2D eigenvalue weighted by atomic mass is 10.0. The third kappa shape index (κ3) is 2.72. The number of piperidine rings is 1. The Morgan fingerprint density at radius 3 is 2.33 bits per heavy atom. The SMILES string of the molecule is C1=CCC(NC2CCN(c3ccncc3)CC2)C1. The normalized spacial score (nSPS) is 21.7.